The molecule has 0 N–H and O–H groups in total. The molecule has 0 spiro atoms. The number of fused-ring (bicyclic) bond motifs is 2. The molecule has 0 saturated carbocycles. The predicted octanol–water partition coefficient (Wildman–Crippen LogP) is 4.49. The summed E-state index contributed by atoms with van der Waals surface area (Å²) in [4.78, 5) is 0. The molecule has 4 rings (SSSR count). The van der Waals surface area contributed by atoms with E-state index in [1.54, 1.807) is 0 Å². The van der Waals surface area contributed by atoms with Crippen molar-refractivity contribution in [1.29, 1.82) is 0 Å². The molecule has 1 aliphatic carbocycles. The highest BCUT2D eigenvalue weighted by atomic mass is 15.0. The quantitative estimate of drug-likeness (QED) is 0.594. The average molecular weight is 244 g/mol. The Balaban J connectivity index is 2.00. The van der Waals surface area contributed by atoms with Gasteiger partial charge in [-0.1, -0.05) is 42.5 Å². The molecule has 0 unspecified atom stereocenters. The SMILES string of the molecule is CC1=C(n2ccc3ccccc32)c2ccccc2[CH]1. The summed E-state index contributed by atoms with van der Waals surface area (Å²) in [6.45, 7) is 2.18. The maximum Gasteiger partial charge on any atom is 0.0528 e. The van der Waals surface area contributed by atoms with Gasteiger partial charge in [-0.2, -0.15) is 0 Å². The molecule has 1 radical (unpaired) electrons. The number of hydrogen-bond donors (Lipinski definition) is 0. The molecule has 1 nitrogen and oxygen atoms in total. The van der Waals surface area contributed by atoms with E-state index in [-0.39, 0.29) is 0 Å². The van der Waals surface area contributed by atoms with Crippen LogP contribution in [-0.2, 0) is 0 Å². The zero-order valence-electron chi connectivity index (χ0n) is 10.8. The van der Waals surface area contributed by atoms with Crippen LogP contribution in [0.5, 0.6) is 0 Å². The third-order valence-electron chi connectivity index (χ3n) is 3.80. The Kier molecular flexibility index (Phi) is 2.16. The molecule has 0 atom stereocenters. The molecule has 0 fully saturated rings. The summed E-state index contributed by atoms with van der Waals surface area (Å²) in [6, 6.07) is 19.3. The van der Waals surface area contributed by atoms with Crippen LogP contribution in [0.25, 0.3) is 16.6 Å². The minimum atomic E-state index is 1.27. The molecule has 19 heavy (non-hydrogen) atoms. The van der Waals surface area contributed by atoms with E-state index in [2.05, 4.69) is 78.7 Å². The lowest BCUT2D eigenvalue weighted by molar-refractivity contribution is 1.15. The Morgan fingerprint density at radius 1 is 0.842 bits per heavy atom. The first-order chi connectivity index (χ1) is 9.34. The van der Waals surface area contributed by atoms with Gasteiger partial charge in [0.2, 0.25) is 0 Å². The molecule has 91 valence electrons. The maximum atomic E-state index is 2.30. The van der Waals surface area contributed by atoms with E-state index in [9.17, 15) is 0 Å². The monoisotopic (exact) mass is 244 g/mol. The second-order valence-electron chi connectivity index (χ2n) is 5.01. The summed E-state index contributed by atoms with van der Waals surface area (Å²) < 4.78 is 2.30. The van der Waals surface area contributed by atoms with E-state index in [4.69, 9.17) is 0 Å². The number of nitrogens with zero attached hydrogens (tertiary/aromatic N) is 1. The van der Waals surface area contributed by atoms with Crippen molar-refractivity contribution < 1.29 is 0 Å². The second kappa shape index (κ2) is 3.86. The number of hydrogen-bond acceptors (Lipinski definition) is 0. The largest absolute Gasteiger partial charge is 0.316 e. The Morgan fingerprint density at radius 2 is 1.63 bits per heavy atom. The molecule has 1 heteroatoms. The summed E-state index contributed by atoms with van der Waals surface area (Å²) >= 11 is 0. The van der Waals surface area contributed by atoms with Crippen molar-refractivity contribution in [3.63, 3.8) is 0 Å². The fraction of sp³-hybridized carbons (Fsp3) is 0.0556. The lowest BCUT2D eigenvalue weighted by Crippen LogP contribution is -1.96. The molecule has 0 saturated heterocycles. The zero-order chi connectivity index (χ0) is 12.8. The fourth-order valence-corrected chi connectivity index (χ4v) is 2.95. The van der Waals surface area contributed by atoms with Crippen molar-refractivity contribution >= 4 is 16.6 Å². The molecule has 0 amide bonds. The molecule has 3 aromatic rings. The number of benzene rings is 2. The minimum absolute atomic E-state index is 1.27. The topological polar surface area (TPSA) is 4.93 Å². The van der Waals surface area contributed by atoms with E-state index in [1.165, 1.54) is 33.3 Å². The van der Waals surface area contributed by atoms with Gasteiger partial charge in [0.15, 0.2) is 0 Å². The smallest absolute Gasteiger partial charge is 0.0528 e. The van der Waals surface area contributed by atoms with Crippen LogP contribution >= 0.6 is 0 Å². The van der Waals surface area contributed by atoms with Gasteiger partial charge in [0.1, 0.15) is 0 Å². The predicted molar refractivity (Wildman–Crippen MR) is 79.8 cm³/mol. The molecule has 2 aromatic carbocycles. The third-order valence-corrected chi connectivity index (χ3v) is 3.80. The highest BCUT2D eigenvalue weighted by Crippen LogP contribution is 2.36. The third kappa shape index (κ3) is 1.48. The van der Waals surface area contributed by atoms with E-state index in [1.807, 2.05) is 0 Å². The average Bonchev–Trinajstić information content (AvgIpc) is 2.98. The van der Waals surface area contributed by atoms with E-state index in [0.29, 0.717) is 0 Å². The molecule has 1 heterocycles. The fourth-order valence-electron chi connectivity index (χ4n) is 2.95. The number of para-hydroxylation sites is 1. The second-order valence-corrected chi connectivity index (χ2v) is 5.01. The summed E-state index contributed by atoms with van der Waals surface area (Å²) in [7, 11) is 0. The Hall–Kier alpha value is -2.28. The first-order valence-electron chi connectivity index (χ1n) is 6.56. The van der Waals surface area contributed by atoms with Crippen LogP contribution in [0.3, 0.4) is 0 Å². The van der Waals surface area contributed by atoms with Crippen LogP contribution in [-0.4, -0.2) is 4.57 Å². The minimum Gasteiger partial charge on any atom is -0.316 e. The summed E-state index contributed by atoms with van der Waals surface area (Å²) in [6.07, 6.45) is 4.43. The number of allylic oxidation sites excluding steroid dienone is 1. The first kappa shape index (κ1) is 10.6. The highest BCUT2D eigenvalue weighted by Gasteiger charge is 2.20. The number of aromatic nitrogens is 1. The van der Waals surface area contributed by atoms with Crippen LogP contribution in [0.2, 0.25) is 0 Å². The van der Waals surface area contributed by atoms with Crippen LogP contribution < -0.4 is 0 Å². The van der Waals surface area contributed by atoms with Crippen molar-refractivity contribution in [1.82, 2.24) is 4.57 Å². The van der Waals surface area contributed by atoms with Gasteiger partial charge >= 0.3 is 0 Å². The standard InChI is InChI=1S/C18H14N/c1-13-12-15-7-2-4-8-16(15)18(13)19-11-10-14-6-3-5-9-17(14)19/h2-12H,1H3. The summed E-state index contributed by atoms with van der Waals surface area (Å²) in [5, 5.41) is 1.28. The number of rotatable bonds is 1. The van der Waals surface area contributed by atoms with Gasteiger partial charge in [0, 0.05) is 18.2 Å². The van der Waals surface area contributed by atoms with Crippen LogP contribution in [0.1, 0.15) is 18.1 Å². The van der Waals surface area contributed by atoms with Crippen LogP contribution in [0.15, 0.2) is 66.4 Å². The maximum absolute atomic E-state index is 2.30. The molecular weight excluding hydrogens is 230 g/mol. The van der Waals surface area contributed by atoms with Crippen LogP contribution in [0, 0.1) is 6.42 Å². The first-order valence-corrected chi connectivity index (χ1v) is 6.56. The van der Waals surface area contributed by atoms with Gasteiger partial charge in [0.05, 0.1) is 11.2 Å². The van der Waals surface area contributed by atoms with Crippen molar-refractivity contribution in [3.8, 4) is 0 Å². The summed E-state index contributed by atoms with van der Waals surface area (Å²) in [5.74, 6) is 0. The van der Waals surface area contributed by atoms with Gasteiger partial charge in [-0.25, -0.2) is 0 Å². The van der Waals surface area contributed by atoms with Crippen molar-refractivity contribution in [2.45, 2.75) is 6.92 Å². The molecular formula is C18H14N. The highest BCUT2D eigenvalue weighted by molar-refractivity contribution is 5.89. The van der Waals surface area contributed by atoms with Crippen LogP contribution in [0.4, 0.5) is 0 Å². The van der Waals surface area contributed by atoms with E-state index >= 15 is 0 Å². The molecule has 1 aromatic heterocycles. The Labute approximate surface area is 112 Å². The summed E-state index contributed by atoms with van der Waals surface area (Å²) in [5.41, 5.74) is 6.52. The van der Waals surface area contributed by atoms with Gasteiger partial charge in [0.25, 0.3) is 0 Å². The van der Waals surface area contributed by atoms with Crippen molar-refractivity contribution in [2.24, 2.45) is 0 Å². The van der Waals surface area contributed by atoms with Gasteiger partial charge in [-0.05, 0) is 35.6 Å². The van der Waals surface area contributed by atoms with Gasteiger partial charge in [-0.3, -0.25) is 0 Å². The molecule has 1 aliphatic rings. The lowest BCUT2D eigenvalue weighted by atomic mass is 10.1. The molecule has 0 aliphatic heterocycles. The Bertz CT molecular complexity index is 805. The zero-order valence-corrected chi connectivity index (χ0v) is 10.8. The lowest BCUT2D eigenvalue weighted by Gasteiger charge is -2.10. The van der Waals surface area contributed by atoms with Gasteiger partial charge < -0.3 is 4.57 Å². The van der Waals surface area contributed by atoms with Gasteiger partial charge in [-0.15, -0.1) is 0 Å². The normalized spacial score (nSPS) is 14.2. The molecule has 0 bridgehead atoms. The van der Waals surface area contributed by atoms with E-state index in [0.717, 1.165) is 0 Å². The van der Waals surface area contributed by atoms with Crippen molar-refractivity contribution in [3.05, 3.63) is 83.9 Å². The Morgan fingerprint density at radius 3 is 2.58 bits per heavy atom. The van der Waals surface area contributed by atoms with E-state index < -0.39 is 0 Å². The van der Waals surface area contributed by atoms with Crippen molar-refractivity contribution in [2.75, 3.05) is 0 Å².